The monoisotopic (exact) mass is 376 g/mol. The summed E-state index contributed by atoms with van der Waals surface area (Å²) in [6, 6.07) is 22.5. The van der Waals surface area contributed by atoms with Gasteiger partial charge in [0.15, 0.2) is 0 Å². The second kappa shape index (κ2) is 5.73. The summed E-state index contributed by atoms with van der Waals surface area (Å²) in [5.74, 6) is 0. The number of nitrogens with zero attached hydrogens (tertiary/aromatic N) is 2. The lowest BCUT2D eigenvalue weighted by Gasteiger charge is -2.39. The highest BCUT2D eigenvalue weighted by molar-refractivity contribution is 7.49. The molecule has 0 amide bonds. The van der Waals surface area contributed by atoms with Gasteiger partial charge < -0.3 is 9.13 Å². The molecule has 4 aromatic rings. The number of para-hydroxylation sites is 2. The summed E-state index contributed by atoms with van der Waals surface area (Å²) in [5.41, 5.74) is 2.70. The van der Waals surface area contributed by atoms with E-state index in [0.717, 1.165) is 0 Å². The van der Waals surface area contributed by atoms with E-state index in [1.54, 1.807) is 10.6 Å². The standard InChI is InChI=1S/C22H28N2Si2/c1-23-19-13-9-7-11-17(19)15-21(23)25(3,4)26(5,6)22-16-18-12-8-10-14-20(18)24(22)2/h7-16H,1-6H3. The summed E-state index contributed by atoms with van der Waals surface area (Å²) in [5, 5.41) is 5.88. The summed E-state index contributed by atoms with van der Waals surface area (Å²) in [7, 11) is 1.12. The van der Waals surface area contributed by atoms with E-state index < -0.39 is 15.2 Å². The zero-order valence-corrected chi connectivity index (χ0v) is 18.7. The molecule has 0 saturated heterocycles. The minimum Gasteiger partial charge on any atom is -0.352 e. The zero-order valence-electron chi connectivity index (χ0n) is 16.7. The van der Waals surface area contributed by atoms with Crippen LogP contribution in [0.2, 0.25) is 26.2 Å². The molecular weight excluding hydrogens is 348 g/mol. The Morgan fingerprint density at radius 3 is 1.27 bits per heavy atom. The summed E-state index contributed by atoms with van der Waals surface area (Å²) in [6.07, 6.45) is 0. The Labute approximate surface area is 157 Å². The van der Waals surface area contributed by atoms with Gasteiger partial charge in [-0.05, 0) is 45.7 Å². The van der Waals surface area contributed by atoms with Gasteiger partial charge in [0.2, 0.25) is 0 Å². The molecule has 0 aliphatic heterocycles. The molecule has 0 unspecified atom stereocenters. The van der Waals surface area contributed by atoms with Crippen LogP contribution in [0.4, 0.5) is 0 Å². The van der Waals surface area contributed by atoms with Crippen molar-refractivity contribution in [2.75, 3.05) is 0 Å². The maximum Gasteiger partial charge on any atom is 0.101 e. The van der Waals surface area contributed by atoms with Crippen LogP contribution in [0.1, 0.15) is 0 Å². The fourth-order valence-electron chi connectivity index (χ4n) is 4.42. The van der Waals surface area contributed by atoms with Gasteiger partial charge in [0, 0.05) is 25.1 Å². The first kappa shape index (κ1) is 17.4. The summed E-state index contributed by atoms with van der Waals surface area (Å²) in [6.45, 7) is 10.3. The molecule has 0 aliphatic rings. The van der Waals surface area contributed by atoms with Crippen LogP contribution >= 0.6 is 0 Å². The van der Waals surface area contributed by atoms with Gasteiger partial charge in [-0.1, -0.05) is 62.6 Å². The van der Waals surface area contributed by atoms with Crippen LogP contribution < -0.4 is 10.6 Å². The molecule has 0 fully saturated rings. The molecule has 4 rings (SSSR count). The van der Waals surface area contributed by atoms with E-state index in [9.17, 15) is 0 Å². The molecule has 2 heterocycles. The van der Waals surface area contributed by atoms with Crippen LogP contribution in [0.25, 0.3) is 21.8 Å². The number of hydrogen-bond acceptors (Lipinski definition) is 0. The predicted octanol–water partition coefficient (Wildman–Crippen LogP) is 4.28. The largest absolute Gasteiger partial charge is 0.352 e. The van der Waals surface area contributed by atoms with Crippen LogP contribution in [0.15, 0.2) is 60.7 Å². The topological polar surface area (TPSA) is 9.86 Å². The Balaban J connectivity index is 1.92. The number of fused-ring (bicyclic) bond motifs is 2. The first-order valence-electron chi connectivity index (χ1n) is 9.35. The SMILES string of the molecule is Cn1c([Si](C)(C)[Si](C)(C)c2cc3ccccc3n2C)cc2ccccc21. The molecular formula is C22H28N2Si2. The Morgan fingerprint density at radius 1 is 0.577 bits per heavy atom. The molecule has 0 spiro atoms. The Morgan fingerprint density at radius 2 is 0.923 bits per heavy atom. The maximum absolute atomic E-state index is 2.57. The molecule has 26 heavy (non-hydrogen) atoms. The Bertz CT molecular complexity index is 1030. The van der Waals surface area contributed by atoms with Crippen LogP contribution in [-0.2, 0) is 14.1 Å². The third-order valence-electron chi connectivity index (χ3n) is 6.75. The average Bonchev–Trinajstić information content (AvgIpc) is 3.14. The molecule has 0 N–H and O–H groups in total. The molecule has 0 aliphatic carbocycles. The van der Waals surface area contributed by atoms with Gasteiger partial charge in [-0.2, -0.15) is 0 Å². The second-order valence-corrected chi connectivity index (χ2v) is 23.6. The van der Waals surface area contributed by atoms with E-state index in [-0.39, 0.29) is 0 Å². The average molecular weight is 377 g/mol. The lowest BCUT2D eigenvalue weighted by Crippen LogP contribution is -2.71. The molecule has 2 aromatic carbocycles. The van der Waals surface area contributed by atoms with E-state index in [4.69, 9.17) is 0 Å². The highest BCUT2D eigenvalue weighted by Gasteiger charge is 2.47. The maximum atomic E-state index is 2.57. The summed E-state index contributed by atoms with van der Waals surface area (Å²) >= 11 is 0. The summed E-state index contributed by atoms with van der Waals surface area (Å²) < 4.78 is 4.91. The van der Waals surface area contributed by atoms with Crippen molar-refractivity contribution in [2.45, 2.75) is 26.2 Å². The van der Waals surface area contributed by atoms with E-state index in [2.05, 4.69) is 110 Å². The first-order chi connectivity index (χ1) is 12.2. The molecule has 0 atom stereocenters. The third kappa shape index (κ3) is 2.28. The molecule has 2 nitrogen and oxygen atoms in total. The van der Waals surface area contributed by atoms with E-state index in [1.807, 2.05) is 0 Å². The highest BCUT2D eigenvalue weighted by atomic mass is 29.3. The zero-order chi connectivity index (χ0) is 18.7. The number of aryl methyl sites for hydroxylation is 2. The quantitative estimate of drug-likeness (QED) is 0.472. The minimum absolute atomic E-state index is 1.35. The molecule has 0 bridgehead atoms. The van der Waals surface area contributed by atoms with Crippen molar-refractivity contribution in [3.63, 3.8) is 0 Å². The second-order valence-electron chi connectivity index (χ2n) is 8.54. The van der Waals surface area contributed by atoms with Gasteiger partial charge in [0.1, 0.15) is 15.2 Å². The van der Waals surface area contributed by atoms with Gasteiger partial charge in [0.25, 0.3) is 0 Å². The van der Waals surface area contributed by atoms with E-state index in [0.29, 0.717) is 0 Å². The van der Waals surface area contributed by atoms with E-state index in [1.165, 1.54) is 21.8 Å². The van der Waals surface area contributed by atoms with Crippen molar-refractivity contribution in [3.05, 3.63) is 60.7 Å². The highest BCUT2D eigenvalue weighted by Crippen LogP contribution is 2.25. The van der Waals surface area contributed by atoms with Gasteiger partial charge in [-0.15, -0.1) is 0 Å². The molecule has 0 radical (unpaired) electrons. The van der Waals surface area contributed by atoms with Crippen LogP contribution in [0, 0.1) is 0 Å². The molecule has 4 heteroatoms. The van der Waals surface area contributed by atoms with Crippen molar-refractivity contribution < 1.29 is 0 Å². The molecule has 0 saturated carbocycles. The molecule has 134 valence electrons. The third-order valence-corrected chi connectivity index (χ3v) is 24.3. The normalized spacial score (nSPS) is 13.0. The minimum atomic E-state index is -1.69. The Kier molecular flexibility index (Phi) is 3.83. The predicted molar refractivity (Wildman–Crippen MR) is 120 cm³/mol. The first-order valence-corrected chi connectivity index (χ1v) is 16.3. The van der Waals surface area contributed by atoms with Crippen LogP contribution in [0.5, 0.6) is 0 Å². The number of aromatic nitrogens is 2. The van der Waals surface area contributed by atoms with Crippen molar-refractivity contribution in [3.8, 4) is 0 Å². The number of rotatable bonds is 3. The van der Waals surface area contributed by atoms with E-state index >= 15 is 0 Å². The lowest BCUT2D eigenvalue weighted by atomic mass is 10.2. The number of benzene rings is 2. The van der Waals surface area contributed by atoms with Crippen LogP contribution in [0.3, 0.4) is 0 Å². The summed E-state index contributed by atoms with van der Waals surface area (Å²) in [4.78, 5) is 0. The lowest BCUT2D eigenvalue weighted by molar-refractivity contribution is 0.992. The van der Waals surface area contributed by atoms with Crippen LogP contribution in [-0.4, -0.2) is 24.3 Å². The van der Waals surface area contributed by atoms with Gasteiger partial charge in [-0.25, -0.2) is 0 Å². The van der Waals surface area contributed by atoms with Crippen molar-refractivity contribution in [1.29, 1.82) is 0 Å². The van der Waals surface area contributed by atoms with Gasteiger partial charge in [-0.3, -0.25) is 0 Å². The fraction of sp³-hybridized carbons (Fsp3) is 0.273. The van der Waals surface area contributed by atoms with Gasteiger partial charge in [0.05, 0.1) is 0 Å². The van der Waals surface area contributed by atoms with Crippen molar-refractivity contribution >= 4 is 47.6 Å². The smallest absolute Gasteiger partial charge is 0.101 e. The molecule has 2 aromatic heterocycles. The fourth-order valence-corrected chi connectivity index (χ4v) is 13.9. The van der Waals surface area contributed by atoms with Gasteiger partial charge >= 0.3 is 0 Å². The Hall–Kier alpha value is -2.05. The number of hydrogen-bond donors (Lipinski definition) is 0. The van der Waals surface area contributed by atoms with Crippen molar-refractivity contribution in [1.82, 2.24) is 9.13 Å². The van der Waals surface area contributed by atoms with Crippen molar-refractivity contribution in [2.24, 2.45) is 14.1 Å².